The van der Waals surface area contributed by atoms with E-state index in [2.05, 4.69) is 5.32 Å². The van der Waals surface area contributed by atoms with Crippen molar-refractivity contribution in [2.24, 2.45) is 5.92 Å². The molecular formula is C12H23NO4. The molecule has 0 spiro atoms. The average molecular weight is 245 g/mol. The quantitative estimate of drug-likeness (QED) is 0.779. The average Bonchev–Trinajstić information content (AvgIpc) is 2.10. The molecule has 100 valence electrons. The number of carboxylic acid groups (broad SMARTS) is 1. The van der Waals surface area contributed by atoms with Crippen LogP contribution in [0.4, 0.5) is 4.79 Å². The van der Waals surface area contributed by atoms with Crippen LogP contribution in [-0.2, 0) is 9.53 Å². The van der Waals surface area contributed by atoms with Crippen molar-refractivity contribution in [3.8, 4) is 0 Å². The Bertz CT molecular complexity index is 270. The number of aliphatic carboxylic acids is 1. The normalized spacial score (nSPS) is 14.9. The van der Waals surface area contributed by atoms with E-state index in [4.69, 9.17) is 9.84 Å². The summed E-state index contributed by atoms with van der Waals surface area (Å²) in [6.07, 6.45) is 0.241. The lowest BCUT2D eigenvalue weighted by atomic mass is 9.95. The highest BCUT2D eigenvalue weighted by Gasteiger charge is 2.23. The van der Waals surface area contributed by atoms with Crippen molar-refractivity contribution in [1.82, 2.24) is 5.32 Å². The number of carbonyl (C=O) groups is 2. The van der Waals surface area contributed by atoms with Crippen molar-refractivity contribution >= 4 is 12.1 Å². The molecule has 0 saturated heterocycles. The standard InChI is InChI=1S/C12H23NO4/c1-6-9(7-10(14)15)8(2)13-11(16)17-12(3,4)5/h8-9H,6-7H2,1-5H3,(H,13,16)(H,14,15). The van der Waals surface area contributed by atoms with E-state index in [1.807, 2.05) is 6.92 Å². The van der Waals surface area contributed by atoms with Gasteiger partial charge in [0, 0.05) is 6.04 Å². The van der Waals surface area contributed by atoms with Crippen LogP contribution in [0.5, 0.6) is 0 Å². The van der Waals surface area contributed by atoms with Crippen molar-refractivity contribution in [3.05, 3.63) is 0 Å². The third-order valence-electron chi connectivity index (χ3n) is 2.41. The van der Waals surface area contributed by atoms with Gasteiger partial charge in [-0.25, -0.2) is 4.79 Å². The zero-order valence-electron chi connectivity index (χ0n) is 11.2. The fraction of sp³-hybridized carbons (Fsp3) is 0.833. The van der Waals surface area contributed by atoms with E-state index >= 15 is 0 Å². The predicted octanol–water partition coefficient (Wildman–Crippen LogP) is 2.40. The van der Waals surface area contributed by atoms with Gasteiger partial charge in [0.1, 0.15) is 5.60 Å². The molecule has 0 aliphatic carbocycles. The molecule has 0 heterocycles. The van der Waals surface area contributed by atoms with E-state index in [0.717, 1.165) is 0 Å². The first-order chi connectivity index (χ1) is 7.65. The summed E-state index contributed by atoms with van der Waals surface area (Å²) < 4.78 is 5.11. The summed E-state index contributed by atoms with van der Waals surface area (Å²) in [5.41, 5.74) is -0.543. The highest BCUT2D eigenvalue weighted by atomic mass is 16.6. The Morgan fingerprint density at radius 1 is 1.35 bits per heavy atom. The topological polar surface area (TPSA) is 75.6 Å². The van der Waals surface area contributed by atoms with Crippen LogP contribution in [0, 0.1) is 5.92 Å². The Labute approximate surface area is 103 Å². The van der Waals surface area contributed by atoms with Gasteiger partial charge < -0.3 is 15.2 Å². The molecule has 0 saturated carbocycles. The van der Waals surface area contributed by atoms with Crippen LogP contribution in [0.25, 0.3) is 0 Å². The molecule has 0 aromatic rings. The monoisotopic (exact) mass is 245 g/mol. The van der Waals surface area contributed by atoms with Crippen LogP contribution in [0.15, 0.2) is 0 Å². The summed E-state index contributed by atoms with van der Waals surface area (Å²) >= 11 is 0. The second-order valence-corrected chi connectivity index (χ2v) is 5.20. The number of alkyl carbamates (subject to hydrolysis) is 1. The molecule has 0 bridgehead atoms. The van der Waals surface area contributed by atoms with E-state index < -0.39 is 17.7 Å². The minimum Gasteiger partial charge on any atom is -0.481 e. The number of hydrogen-bond donors (Lipinski definition) is 2. The van der Waals surface area contributed by atoms with Gasteiger partial charge in [-0.3, -0.25) is 4.79 Å². The number of nitrogens with one attached hydrogen (secondary N) is 1. The van der Waals surface area contributed by atoms with Crippen molar-refractivity contribution in [3.63, 3.8) is 0 Å². The lowest BCUT2D eigenvalue weighted by Crippen LogP contribution is -2.41. The van der Waals surface area contributed by atoms with Crippen molar-refractivity contribution in [2.75, 3.05) is 0 Å². The largest absolute Gasteiger partial charge is 0.481 e. The third kappa shape index (κ3) is 7.60. The summed E-state index contributed by atoms with van der Waals surface area (Å²) in [7, 11) is 0. The van der Waals surface area contributed by atoms with Crippen LogP contribution in [-0.4, -0.2) is 28.8 Å². The van der Waals surface area contributed by atoms with Crippen LogP contribution in [0.1, 0.15) is 47.5 Å². The number of rotatable bonds is 5. The number of hydrogen-bond acceptors (Lipinski definition) is 3. The number of ether oxygens (including phenoxy) is 1. The summed E-state index contributed by atoms with van der Waals surface area (Å²) in [6, 6.07) is -0.217. The van der Waals surface area contributed by atoms with E-state index in [1.54, 1.807) is 27.7 Å². The maximum absolute atomic E-state index is 11.5. The van der Waals surface area contributed by atoms with Gasteiger partial charge in [-0.05, 0) is 33.6 Å². The first-order valence-corrected chi connectivity index (χ1v) is 5.87. The van der Waals surface area contributed by atoms with Gasteiger partial charge >= 0.3 is 12.1 Å². The highest BCUT2D eigenvalue weighted by molar-refractivity contribution is 5.69. The van der Waals surface area contributed by atoms with Gasteiger partial charge in [-0.2, -0.15) is 0 Å². The summed E-state index contributed by atoms with van der Waals surface area (Å²) in [5.74, 6) is -0.935. The molecule has 0 aliphatic heterocycles. The zero-order valence-corrected chi connectivity index (χ0v) is 11.2. The third-order valence-corrected chi connectivity index (χ3v) is 2.41. The molecular weight excluding hydrogens is 222 g/mol. The highest BCUT2D eigenvalue weighted by Crippen LogP contribution is 2.14. The number of carboxylic acids is 1. The SMILES string of the molecule is CCC(CC(=O)O)C(C)NC(=O)OC(C)(C)C. The minimum atomic E-state index is -0.852. The number of amides is 1. The van der Waals surface area contributed by atoms with E-state index in [-0.39, 0.29) is 18.4 Å². The lowest BCUT2D eigenvalue weighted by Gasteiger charge is -2.25. The van der Waals surface area contributed by atoms with E-state index in [9.17, 15) is 9.59 Å². The van der Waals surface area contributed by atoms with Crippen LogP contribution in [0.3, 0.4) is 0 Å². The molecule has 2 N–H and O–H groups in total. The molecule has 0 fully saturated rings. The molecule has 0 aliphatic rings. The smallest absolute Gasteiger partial charge is 0.407 e. The second-order valence-electron chi connectivity index (χ2n) is 5.20. The van der Waals surface area contributed by atoms with Crippen molar-refractivity contribution < 1.29 is 19.4 Å². The van der Waals surface area contributed by atoms with Gasteiger partial charge in [-0.1, -0.05) is 13.3 Å². The Hall–Kier alpha value is -1.26. The van der Waals surface area contributed by atoms with Gasteiger partial charge in [-0.15, -0.1) is 0 Å². The first-order valence-electron chi connectivity index (χ1n) is 5.87. The molecule has 5 heteroatoms. The summed E-state index contributed by atoms with van der Waals surface area (Å²) in [5, 5.41) is 11.4. The van der Waals surface area contributed by atoms with Gasteiger partial charge in [0.25, 0.3) is 0 Å². The van der Waals surface area contributed by atoms with E-state index in [0.29, 0.717) is 6.42 Å². The maximum Gasteiger partial charge on any atom is 0.407 e. The Morgan fingerprint density at radius 2 is 1.88 bits per heavy atom. The Kier molecular flexibility index (Phi) is 5.99. The van der Waals surface area contributed by atoms with Crippen molar-refractivity contribution in [2.45, 2.75) is 59.1 Å². The fourth-order valence-corrected chi connectivity index (χ4v) is 1.51. The predicted molar refractivity (Wildman–Crippen MR) is 64.9 cm³/mol. The summed E-state index contributed by atoms with van der Waals surface area (Å²) in [4.78, 5) is 22.1. The van der Waals surface area contributed by atoms with Gasteiger partial charge in [0.2, 0.25) is 0 Å². The molecule has 5 nitrogen and oxygen atoms in total. The molecule has 0 radical (unpaired) electrons. The fourth-order valence-electron chi connectivity index (χ4n) is 1.51. The van der Waals surface area contributed by atoms with Crippen LogP contribution < -0.4 is 5.32 Å². The second kappa shape index (κ2) is 6.47. The first kappa shape index (κ1) is 15.7. The van der Waals surface area contributed by atoms with E-state index in [1.165, 1.54) is 0 Å². The van der Waals surface area contributed by atoms with Crippen LogP contribution in [0.2, 0.25) is 0 Å². The molecule has 17 heavy (non-hydrogen) atoms. The number of carbonyl (C=O) groups excluding carboxylic acids is 1. The molecule has 0 aromatic heterocycles. The zero-order chi connectivity index (χ0) is 13.6. The Balaban J connectivity index is 4.26. The molecule has 0 rings (SSSR count). The van der Waals surface area contributed by atoms with Crippen LogP contribution >= 0.6 is 0 Å². The van der Waals surface area contributed by atoms with Gasteiger partial charge in [0.15, 0.2) is 0 Å². The summed E-state index contributed by atoms with van der Waals surface area (Å²) in [6.45, 7) is 9.05. The molecule has 1 amide bonds. The Morgan fingerprint density at radius 3 is 2.24 bits per heavy atom. The van der Waals surface area contributed by atoms with Gasteiger partial charge in [0.05, 0.1) is 6.42 Å². The molecule has 0 aromatic carbocycles. The lowest BCUT2D eigenvalue weighted by molar-refractivity contribution is -0.138. The minimum absolute atomic E-state index is 0.0491. The molecule has 2 atom stereocenters. The maximum atomic E-state index is 11.5. The molecule has 2 unspecified atom stereocenters. The van der Waals surface area contributed by atoms with Crippen molar-refractivity contribution in [1.29, 1.82) is 0 Å².